The first kappa shape index (κ1) is 10.6. The summed E-state index contributed by atoms with van der Waals surface area (Å²) >= 11 is 6.78. The predicted octanol–water partition coefficient (Wildman–Crippen LogP) is 3.75. The number of rotatable bonds is 2. The lowest BCUT2D eigenvalue weighted by molar-refractivity contribution is 1.28. The maximum absolute atomic E-state index is 4.07. The van der Waals surface area contributed by atoms with E-state index in [9.17, 15) is 0 Å². The molecular formula is C10H7Br2N3. The van der Waals surface area contributed by atoms with Crippen LogP contribution in [-0.2, 0) is 0 Å². The smallest absolute Gasteiger partial charge is 0.0593 e. The first-order valence-corrected chi connectivity index (χ1v) is 5.81. The van der Waals surface area contributed by atoms with Crippen molar-refractivity contribution in [3.05, 3.63) is 45.9 Å². The summed E-state index contributed by atoms with van der Waals surface area (Å²) in [6.07, 6.45) is 6.98. The van der Waals surface area contributed by atoms with E-state index in [-0.39, 0.29) is 0 Å². The molecule has 2 aromatic heterocycles. The highest BCUT2D eigenvalue weighted by Gasteiger charge is 1.99. The van der Waals surface area contributed by atoms with E-state index >= 15 is 0 Å². The minimum absolute atomic E-state index is 0.921. The van der Waals surface area contributed by atoms with Gasteiger partial charge in [0.2, 0.25) is 0 Å². The summed E-state index contributed by atoms with van der Waals surface area (Å²) in [6, 6.07) is 3.85. The van der Waals surface area contributed by atoms with Gasteiger partial charge in [0.05, 0.1) is 22.0 Å². The molecule has 1 N–H and O–H groups in total. The molecule has 0 saturated carbocycles. The van der Waals surface area contributed by atoms with Crippen LogP contribution in [0, 0.1) is 0 Å². The molecule has 0 fully saturated rings. The summed E-state index contributed by atoms with van der Waals surface area (Å²) in [7, 11) is 0. The molecule has 0 aliphatic rings. The van der Waals surface area contributed by atoms with E-state index in [2.05, 4.69) is 47.1 Å². The quantitative estimate of drug-likeness (QED) is 0.912. The van der Waals surface area contributed by atoms with Gasteiger partial charge in [-0.3, -0.25) is 9.97 Å². The Morgan fingerprint density at radius 1 is 1.07 bits per heavy atom. The van der Waals surface area contributed by atoms with Gasteiger partial charge >= 0.3 is 0 Å². The SMILES string of the molecule is Brc1cncc(Nc2ccncc2Br)c1. The second-order valence-electron chi connectivity index (χ2n) is 2.87. The van der Waals surface area contributed by atoms with Gasteiger partial charge in [0, 0.05) is 23.1 Å². The average Bonchev–Trinajstić information content (AvgIpc) is 2.22. The largest absolute Gasteiger partial charge is 0.353 e. The topological polar surface area (TPSA) is 37.8 Å². The van der Waals surface area contributed by atoms with Crippen molar-refractivity contribution < 1.29 is 0 Å². The van der Waals surface area contributed by atoms with E-state index in [1.807, 2.05) is 12.1 Å². The second kappa shape index (κ2) is 4.72. The number of nitrogens with one attached hydrogen (secondary N) is 1. The Balaban J connectivity index is 2.26. The van der Waals surface area contributed by atoms with E-state index in [0.717, 1.165) is 20.3 Å². The van der Waals surface area contributed by atoms with Crippen LogP contribution in [0.3, 0.4) is 0 Å². The molecule has 15 heavy (non-hydrogen) atoms. The Labute approximate surface area is 104 Å². The van der Waals surface area contributed by atoms with Crippen LogP contribution in [0.1, 0.15) is 0 Å². The number of hydrogen-bond donors (Lipinski definition) is 1. The van der Waals surface area contributed by atoms with Crippen molar-refractivity contribution >= 4 is 43.2 Å². The molecule has 0 radical (unpaired) electrons. The third-order valence-electron chi connectivity index (χ3n) is 1.76. The van der Waals surface area contributed by atoms with Gasteiger partial charge in [0.15, 0.2) is 0 Å². The maximum atomic E-state index is 4.07. The zero-order valence-electron chi connectivity index (χ0n) is 7.61. The molecule has 0 amide bonds. The summed E-state index contributed by atoms with van der Waals surface area (Å²) in [6.45, 7) is 0. The fourth-order valence-electron chi connectivity index (χ4n) is 1.11. The standard InChI is InChI=1S/C10H7Br2N3/c11-7-3-8(5-14-4-7)15-10-1-2-13-6-9(10)12/h1-6H,(H,13,15). The van der Waals surface area contributed by atoms with Gasteiger partial charge in [0.25, 0.3) is 0 Å². The Kier molecular flexibility index (Phi) is 3.33. The Hall–Kier alpha value is -0.940. The molecular weight excluding hydrogens is 322 g/mol. The fraction of sp³-hybridized carbons (Fsp3) is 0. The van der Waals surface area contributed by atoms with E-state index in [0.29, 0.717) is 0 Å². The number of aromatic nitrogens is 2. The molecule has 5 heteroatoms. The number of anilines is 2. The van der Waals surface area contributed by atoms with E-state index in [4.69, 9.17) is 0 Å². The van der Waals surface area contributed by atoms with E-state index in [1.54, 1.807) is 24.8 Å². The number of nitrogens with zero attached hydrogens (tertiary/aromatic N) is 2. The van der Waals surface area contributed by atoms with Crippen LogP contribution >= 0.6 is 31.9 Å². The summed E-state index contributed by atoms with van der Waals surface area (Å²) < 4.78 is 1.86. The Bertz CT molecular complexity index is 474. The Morgan fingerprint density at radius 3 is 2.67 bits per heavy atom. The van der Waals surface area contributed by atoms with Crippen molar-refractivity contribution in [3.8, 4) is 0 Å². The fourth-order valence-corrected chi connectivity index (χ4v) is 1.83. The highest BCUT2D eigenvalue weighted by Crippen LogP contribution is 2.25. The molecule has 0 spiro atoms. The number of hydrogen-bond acceptors (Lipinski definition) is 3. The zero-order chi connectivity index (χ0) is 10.7. The lowest BCUT2D eigenvalue weighted by atomic mass is 10.3. The molecule has 0 unspecified atom stereocenters. The van der Waals surface area contributed by atoms with Gasteiger partial charge in [-0.25, -0.2) is 0 Å². The molecule has 2 rings (SSSR count). The van der Waals surface area contributed by atoms with Crippen LogP contribution in [0.2, 0.25) is 0 Å². The number of halogens is 2. The van der Waals surface area contributed by atoms with E-state index in [1.165, 1.54) is 0 Å². The van der Waals surface area contributed by atoms with E-state index < -0.39 is 0 Å². The summed E-state index contributed by atoms with van der Waals surface area (Å²) in [5.41, 5.74) is 1.89. The molecule has 2 heterocycles. The first-order chi connectivity index (χ1) is 7.25. The minimum atomic E-state index is 0.921. The van der Waals surface area contributed by atoms with Crippen molar-refractivity contribution in [2.24, 2.45) is 0 Å². The highest BCUT2D eigenvalue weighted by molar-refractivity contribution is 9.10. The normalized spacial score (nSPS) is 10.0. The monoisotopic (exact) mass is 327 g/mol. The van der Waals surface area contributed by atoms with Gasteiger partial charge in [0.1, 0.15) is 0 Å². The van der Waals surface area contributed by atoms with Crippen molar-refractivity contribution in [2.45, 2.75) is 0 Å². The lowest BCUT2D eigenvalue weighted by Crippen LogP contribution is -1.92. The molecule has 0 aliphatic carbocycles. The lowest BCUT2D eigenvalue weighted by Gasteiger charge is -2.07. The predicted molar refractivity (Wildman–Crippen MR) is 67.2 cm³/mol. The van der Waals surface area contributed by atoms with Gasteiger partial charge in [-0.15, -0.1) is 0 Å². The highest BCUT2D eigenvalue weighted by atomic mass is 79.9. The maximum Gasteiger partial charge on any atom is 0.0593 e. The van der Waals surface area contributed by atoms with Gasteiger partial charge in [-0.2, -0.15) is 0 Å². The summed E-state index contributed by atoms with van der Waals surface area (Å²) in [5.74, 6) is 0. The van der Waals surface area contributed by atoms with Crippen LogP contribution in [0.15, 0.2) is 45.9 Å². The molecule has 2 aromatic rings. The van der Waals surface area contributed by atoms with Crippen LogP contribution in [0.25, 0.3) is 0 Å². The minimum Gasteiger partial charge on any atom is -0.353 e. The third kappa shape index (κ3) is 2.76. The van der Waals surface area contributed by atoms with Crippen molar-refractivity contribution in [3.63, 3.8) is 0 Å². The average molecular weight is 329 g/mol. The zero-order valence-corrected chi connectivity index (χ0v) is 10.8. The van der Waals surface area contributed by atoms with Gasteiger partial charge in [-0.05, 0) is 44.0 Å². The molecule has 3 nitrogen and oxygen atoms in total. The van der Waals surface area contributed by atoms with Crippen molar-refractivity contribution in [2.75, 3.05) is 5.32 Å². The first-order valence-electron chi connectivity index (χ1n) is 4.23. The molecule has 0 aliphatic heterocycles. The molecule has 0 bridgehead atoms. The second-order valence-corrected chi connectivity index (χ2v) is 4.64. The summed E-state index contributed by atoms with van der Waals surface area (Å²) in [5, 5.41) is 3.23. The van der Waals surface area contributed by atoms with Crippen LogP contribution in [0.4, 0.5) is 11.4 Å². The van der Waals surface area contributed by atoms with Crippen LogP contribution < -0.4 is 5.32 Å². The van der Waals surface area contributed by atoms with Gasteiger partial charge < -0.3 is 5.32 Å². The van der Waals surface area contributed by atoms with Crippen LogP contribution in [0.5, 0.6) is 0 Å². The molecule has 0 aromatic carbocycles. The van der Waals surface area contributed by atoms with Crippen molar-refractivity contribution in [1.82, 2.24) is 9.97 Å². The summed E-state index contributed by atoms with van der Waals surface area (Å²) in [4.78, 5) is 8.06. The molecule has 0 atom stereocenters. The number of pyridine rings is 2. The third-order valence-corrected chi connectivity index (χ3v) is 2.82. The Morgan fingerprint density at radius 2 is 1.93 bits per heavy atom. The van der Waals surface area contributed by atoms with Gasteiger partial charge in [-0.1, -0.05) is 0 Å². The van der Waals surface area contributed by atoms with Crippen molar-refractivity contribution in [1.29, 1.82) is 0 Å². The molecule has 76 valence electrons. The molecule has 0 saturated heterocycles. The van der Waals surface area contributed by atoms with Crippen LogP contribution in [-0.4, -0.2) is 9.97 Å².